The Labute approximate surface area is 126 Å². The molecule has 1 heterocycles. The van der Waals surface area contributed by atoms with Crippen LogP contribution in [-0.2, 0) is 4.79 Å². The summed E-state index contributed by atoms with van der Waals surface area (Å²) in [6.07, 6.45) is 1.52. The molecule has 110 valence electrons. The number of rotatable bonds is 4. The molecule has 0 saturated heterocycles. The number of hydrogen-bond acceptors (Lipinski definition) is 3. The van der Waals surface area contributed by atoms with Gasteiger partial charge in [0.15, 0.2) is 0 Å². The van der Waals surface area contributed by atoms with Crippen LogP contribution in [-0.4, -0.2) is 23.9 Å². The quantitative estimate of drug-likeness (QED) is 0.812. The highest BCUT2D eigenvalue weighted by Gasteiger charge is 2.12. The maximum atomic E-state index is 12.1. The number of amides is 2. The molecular weight excluding hydrogens is 294 g/mol. The maximum absolute atomic E-state index is 12.1. The van der Waals surface area contributed by atoms with Crippen molar-refractivity contribution in [1.82, 2.24) is 4.98 Å². The van der Waals surface area contributed by atoms with Crippen molar-refractivity contribution in [3.8, 4) is 5.75 Å². The summed E-state index contributed by atoms with van der Waals surface area (Å²) in [6, 6.07) is 6.47. The van der Waals surface area contributed by atoms with E-state index in [0.29, 0.717) is 27.8 Å². The van der Waals surface area contributed by atoms with Crippen molar-refractivity contribution in [2.45, 2.75) is 6.92 Å². The van der Waals surface area contributed by atoms with Gasteiger partial charge < -0.3 is 20.4 Å². The predicted octanol–water partition coefficient (Wildman–Crippen LogP) is 2.89. The van der Waals surface area contributed by atoms with Crippen LogP contribution in [0.15, 0.2) is 30.5 Å². The number of carbonyl (C=O) groups excluding carboxylic acids is 2. The van der Waals surface area contributed by atoms with E-state index < -0.39 is 0 Å². The van der Waals surface area contributed by atoms with Gasteiger partial charge in [-0.1, -0.05) is 11.6 Å². The number of carbonyl (C=O) groups is 2. The smallest absolute Gasteiger partial charge is 0.272 e. The van der Waals surface area contributed by atoms with Gasteiger partial charge in [-0.25, -0.2) is 0 Å². The maximum Gasteiger partial charge on any atom is 0.272 e. The molecule has 21 heavy (non-hydrogen) atoms. The molecular formula is C14H14ClN3O3. The topological polar surface area (TPSA) is 83.2 Å². The van der Waals surface area contributed by atoms with Crippen LogP contribution in [0.5, 0.6) is 5.75 Å². The largest absolute Gasteiger partial charge is 0.495 e. The SMILES string of the molecule is COc1ccc(NC(C)=O)cc1NC(=O)c1cc(Cl)c[nH]1. The zero-order valence-corrected chi connectivity index (χ0v) is 12.2. The van der Waals surface area contributed by atoms with Crippen LogP contribution in [0.4, 0.5) is 11.4 Å². The Balaban J connectivity index is 2.24. The van der Waals surface area contributed by atoms with E-state index in [1.807, 2.05) is 0 Å². The first-order valence-corrected chi connectivity index (χ1v) is 6.48. The molecule has 2 amide bonds. The zero-order chi connectivity index (χ0) is 15.4. The van der Waals surface area contributed by atoms with Crippen molar-refractivity contribution in [2.75, 3.05) is 17.7 Å². The molecule has 1 aromatic heterocycles. The van der Waals surface area contributed by atoms with E-state index in [-0.39, 0.29) is 11.8 Å². The average Bonchev–Trinajstić information content (AvgIpc) is 2.85. The number of aromatic nitrogens is 1. The third-order valence-corrected chi connectivity index (χ3v) is 2.88. The summed E-state index contributed by atoms with van der Waals surface area (Å²) < 4.78 is 5.18. The third kappa shape index (κ3) is 3.76. The van der Waals surface area contributed by atoms with Gasteiger partial charge in [0.1, 0.15) is 11.4 Å². The molecule has 0 fully saturated rings. The summed E-state index contributed by atoms with van der Waals surface area (Å²) in [5, 5.41) is 5.78. The number of ether oxygens (including phenoxy) is 1. The summed E-state index contributed by atoms with van der Waals surface area (Å²) in [5.41, 5.74) is 1.33. The van der Waals surface area contributed by atoms with Crippen molar-refractivity contribution < 1.29 is 14.3 Å². The Kier molecular flexibility index (Phi) is 4.49. The van der Waals surface area contributed by atoms with Crippen LogP contribution in [0.3, 0.4) is 0 Å². The number of halogens is 1. The number of benzene rings is 1. The molecule has 2 rings (SSSR count). The Bertz CT molecular complexity index is 682. The summed E-state index contributed by atoms with van der Waals surface area (Å²) in [4.78, 5) is 25.9. The Morgan fingerprint density at radius 1 is 1.24 bits per heavy atom. The fourth-order valence-corrected chi connectivity index (χ4v) is 1.94. The first-order valence-electron chi connectivity index (χ1n) is 6.10. The second-order valence-corrected chi connectivity index (χ2v) is 4.72. The summed E-state index contributed by atoms with van der Waals surface area (Å²) >= 11 is 5.77. The molecule has 0 aliphatic carbocycles. The van der Waals surface area contributed by atoms with Crippen LogP contribution in [0.2, 0.25) is 5.02 Å². The molecule has 3 N–H and O–H groups in total. The molecule has 1 aromatic carbocycles. The monoisotopic (exact) mass is 307 g/mol. The van der Waals surface area contributed by atoms with Crippen molar-refractivity contribution in [2.24, 2.45) is 0 Å². The molecule has 0 aliphatic rings. The second-order valence-electron chi connectivity index (χ2n) is 4.28. The van der Waals surface area contributed by atoms with Crippen LogP contribution < -0.4 is 15.4 Å². The predicted molar refractivity (Wildman–Crippen MR) is 81.1 cm³/mol. The van der Waals surface area contributed by atoms with Gasteiger partial charge in [-0.15, -0.1) is 0 Å². The lowest BCUT2D eigenvalue weighted by atomic mass is 10.2. The van der Waals surface area contributed by atoms with Crippen molar-refractivity contribution in [3.05, 3.63) is 41.2 Å². The normalized spacial score (nSPS) is 10.0. The van der Waals surface area contributed by atoms with Crippen molar-refractivity contribution >= 4 is 34.8 Å². The van der Waals surface area contributed by atoms with Gasteiger partial charge in [-0.05, 0) is 24.3 Å². The fraction of sp³-hybridized carbons (Fsp3) is 0.143. The van der Waals surface area contributed by atoms with Gasteiger partial charge in [-0.3, -0.25) is 9.59 Å². The molecule has 0 atom stereocenters. The van der Waals surface area contributed by atoms with Crippen LogP contribution in [0.1, 0.15) is 17.4 Å². The van der Waals surface area contributed by atoms with Gasteiger partial charge in [0.2, 0.25) is 5.91 Å². The van der Waals surface area contributed by atoms with E-state index in [9.17, 15) is 9.59 Å². The van der Waals surface area contributed by atoms with Gasteiger partial charge in [0.05, 0.1) is 17.8 Å². The highest BCUT2D eigenvalue weighted by molar-refractivity contribution is 6.31. The van der Waals surface area contributed by atoms with Gasteiger partial charge >= 0.3 is 0 Å². The second kappa shape index (κ2) is 6.32. The number of hydrogen-bond donors (Lipinski definition) is 3. The molecule has 0 spiro atoms. The number of nitrogens with one attached hydrogen (secondary N) is 3. The summed E-state index contributed by atoms with van der Waals surface area (Å²) in [7, 11) is 1.49. The number of anilines is 2. The Morgan fingerprint density at radius 2 is 2.00 bits per heavy atom. The van der Waals surface area contributed by atoms with E-state index in [0.717, 1.165) is 0 Å². The number of aromatic amines is 1. The molecule has 0 saturated carbocycles. The van der Waals surface area contributed by atoms with Crippen molar-refractivity contribution in [3.63, 3.8) is 0 Å². The van der Waals surface area contributed by atoms with E-state index in [4.69, 9.17) is 16.3 Å². The molecule has 0 radical (unpaired) electrons. The average molecular weight is 308 g/mol. The van der Waals surface area contributed by atoms with E-state index in [1.165, 1.54) is 26.3 Å². The van der Waals surface area contributed by atoms with Gasteiger partial charge in [-0.2, -0.15) is 0 Å². The molecule has 0 unspecified atom stereocenters. The third-order valence-electron chi connectivity index (χ3n) is 2.66. The van der Waals surface area contributed by atoms with Crippen LogP contribution in [0, 0.1) is 0 Å². The van der Waals surface area contributed by atoms with E-state index >= 15 is 0 Å². The number of methoxy groups -OCH3 is 1. The summed E-state index contributed by atoms with van der Waals surface area (Å²) in [6.45, 7) is 1.41. The molecule has 2 aromatic rings. The molecule has 0 aliphatic heterocycles. The lowest BCUT2D eigenvalue weighted by Gasteiger charge is -2.12. The number of H-pyrrole nitrogens is 1. The first kappa shape index (κ1) is 14.9. The van der Waals surface area contributed by atoms with Gasteiger partial charge in [0, 0.05) is 18.8 Å². The minimum absolute atomic E-state index is 0.200. The van der Waals surface area contributed by atoms with Gasteiger partial charge in [0.25, 0.3) is 5.91 Å². The first-order chi connectivity index (χ1) is 9.99. The minimum atomic E-state index is -0.361. The van der Waals surface area contributed by atoms with Crippen LogP contribution >= 0.6 is 11.6 Å². The van der Waals surface area contributed by atoms with Crippen LogP contribution in [0.25, 0.3) is 0 Å². The fourth-order valence-electron chi connectivity index (χ4n) is 1.78. The molecule has 6 nitrogen and oxygen atoms in total. The Morgan fingerprint density at radius 3 is 2.57 bits per heavy atom. The van der Waals surface area contributed by atoms with E-state index in [1.54, 1.807) is 18.2 Å². The lowest BCUT2D eigenvalue weighted by molar-refractivity contribution is -0.114. The zero-order valence-electron chi connectivity index (χ0n) is 11.5. The summed E-state index contributed by atoms with van der Waals surface area (Å²) in [5.74, 6) is -0.0797. The highest BCUT2D eigenvalue weighted by atomic mass is 35.5. The van der Waals surface area contributed by atoms with Crippen molar-refractivity contribution in [1.29, 1.82) is 0 Å². The van der Waals surface area contributed by atoms with E-state index in [2.05, 4.69) is 15.6 Å². The Hall–Kier alpha value is -2.47. The molecule has 0 bridgehead atoms. The lowest BCUT2D eigenvalue weighted by Crippen LogP contribution is -2.13. The molecule has 7 heteroatoms. The minimum Gasteiger partial charge on any atom is -0.495 e. The highest BCUT2D eigenvalue weighted by Crippen LogP contribution is 2.28. The standard InChI is InChI=1S/C14H14ClN3O3/c1-8(19)17-10-3-4-13(21-2)11(6-10)18-14(20)12-5-9(15)7-16-12/h3-7,16H,1-2H3,(H,17,19)(H,18,20).